The van der Waals surface area contributed by atoms with Crippen LogP contribution in [0.3, 0.4) is 0 Å². The molecule has 26 heavy (non-hydrogen) atoms. The van der Waals surface area contributed by atoms with Crippen molar-refractivity contribution in [3.05, 3.63) is 68.7 Å². The van der Waals surface area contributed by atoms with Gasteiger partial charge in [-0.3, -0.25) is 19.8 Å². The molecule has 0 radical (unpaired) electrons. The molecule has 1 fully saturated rings. The largest absolute Gasteiger partial charge is 0.366 e. The van der Waals surface area contributed by atoms with Crippen molar-refractivity contribution in [1.29, 1.82) is 0 Å². The van der Waals surface area contributed by atoms with Crippen molar-refractivity contribution >= 4 is 28.9 Å². The van der Waals surface area contributed by atoms with E-state index < -0.39 is 10.8 Å². The zero-order valence-electron chi connectivity index (χ0n) is 14.1. The number of halogens is 1. The van der Waals surface area contributed by atoms with Gasteiger partial charge >= 0.3 is 0 Å². The Bertz CT molecular complexity index is 835. The number of anilines is 1. The first-order valence-electron chi connectivity index (χ1n) is 8.24. The number of piperazine rings is 1. The lowest BCUT2D eigenvalue weighted by Gasteiger charge is -2.35. The molecule has 1 aliphatic heterocycles. The third-order valence-electron chi connectivity index (χ3n) is 4.46. The summed E-state index contributed by atoms with van der Waals surface area (Å²) in [4.78, 5) is 26.4. The molecule has 2 aromatic carbocycles. The second kappa shape index (κ2) is 7.72. The molecule has 0 bridgehead atoms. The minimum atomic E-state index is -0.675. The van der Waals surface area contributed by atoms with E-state index in [0.717, 1.165) is 25.2 Å². The van der Waals surface area contributed by atoms with Gasteiger partial charge in [-0.05, 0) is 29.8 Å². The Labute approximate surface area is 156 Å². The van der Waals surface area contributed by atoms with E-state index in [9.17, 15) is 14.9 Å². The predicted octanol–water partition coefficient (Wildman–Crippen LogP) is 2.67. The first-order valence-corrected chi connectivity index (χ1v) is 8.62. The number of nitrogens with zero attached hydrogens (tertiary/aromatic N) is 3. The van der Waals surface area contributed by atoms with Gasteiger partial charge in [0.1, 0.15) is 5.69 Å². The number of nitrogens with two attached hydrogens (primary N) is 1. The molecule has 7 nitrogen and oxygen atoms in total. The highest BCUT2D eigenvalue weighted by Gasteiger charge is 2.24. The minimum absolute atomic E-state index is 0.0930. The maximum Gasteiger partial charge on any atom is 0.293 e. The number of nitro groups is 1. The van der Waals surface area contributed by atoms with Crippen molar-refractivity contribution in [2.45, 2.75) is 6.54 Å². The fourth-order valence-corrected chi connectivity index (χ4v) is 3.34. The Morgan fingerprint density at radius 2 is 1.88 bits per heavy atom. The molecular formula is C18H19ClN4O3. The molecule has 0 aromatic heterocycles. The molecule has 0 atom stereocenters. The van der Waals surface area contributed by atoms with Gasteiger partial charge in [0.05, 0.1) is 4.92 Å². The maximum atomic E-state index is 11.4. The second-order valence-corrected chi connectivity index (χ2v) is 6.65. The van der Waals surface area contributed by atoms with Crippen LogP contribution < -0.4 is 10.6 Å². The molecule has 1 saturated heterocycles. The molecule has 0 unspecified atom stereocenters. The number of rotatable bonds is 5. The summed E-state index contributed by atoms with van der Waals surface area (Å²) in [6, 6.07) is 12.1. The Kier molecular flexibility index (Phi) is 5.39. The molecule has 3 rings (SSSR count). The quantitative estimate of drug-likeness (QED) is 0.641. The fraction of sp³-hybridized carbons (Fsp3) is 0.278. The van der Waals surface area contributed by atoms with Crippen LogP contribution in [0.2, 0.25) is 5.02 Å². The summed E-state index contributed by atoms with van der Waals surface area (Å²) in [6.45, 7) is 3.67. The average molecular weight is 375 g/mol. The number of carbonyl (C=O) groups is 1. The van der Waals surface area contributed by atoms with Crippen molar-refractivity contribution in [2.24, 2.45) is 5.73 Å². The van der Waals surface area contributed by atoms with Gasteiger partial charge in [0.15, 0.2) is 0 Å². The van der Waals surface area contributed by atoms with E-state index >= 15 is 0 Å². The SMILES string of the molecule is NC(=O)c1ccc(N2CCN(Cc3cccc(Cl)c3)CC2)c([N+](=O)[O-])c1. The highest BCUT2D eigenvalue weighted by atomic mass is 35.5. The van der Waals surface area contributed by atoms with Gasteiger partial charge < -0.3 is 10.6 Å². The monoisotopic (exact) mass is 374 g/mol. The number of carbonyl (C=O) groups excluding carboxylic acids is 1. The van der Waals surface area contributed by atoms with Gasteiger partial charge in [-0.1, -0.05) is 23.7 Å². The second-order valence-electron chi connectivity index (χ2n) is 6.22. The van der Waals surface area contributed by atoms with Crippen molar-refractivity contribution < 1.29 is 9.72 Å². The summed E-state index contributed by atoms with van der Waals surface area (Å²) in [7, 11) is 0. The summed E-state index contributed by atoms with van der Waals surface area (Å²) < 4.78 is 0. The van der Waals surface area contributed by atoms with Crippen LogP contribution in [0.1, 0.15) is 15.9 Å². The van der Waals surface area contributed by atoms with Crippen LogP contribution in [0, 0.1) is 10.1 Å². The first-order chi connectivity index (χ1) is 12.4. The van der Waals surface area contributed by atoms with E-state index in [-0.39, 0.29) is 11.3 Å². The third-order valence-corrected chi connectivity index (χ3v) is 4.70. The lowest BCUT2D eigenvalue weighted by atomic mass is 10.1. The number of hydrogen-bond donors (Lipinski definition) is 1. The molecule has 1 aliphatic rings. The summed E-state index contributed by atoms with van der Waals surface area (Å²) >= 11 is 6.02. The van der Waals surface area contributed by atoms with Gasteiger partial charge in [0.25, 0.3) is 5.69 Å². The van der Waals surface area contributed by atoms with Crippen LogP contribution in [0.5, 0.6) is 0 Å². The Morgan fingerprint density at radius 1 is 1.15 bits per heavy atom. The molecule has 1 heterocycles. The maximum absolute atomic E-state index is 11.4. The number of amides is 1. The van der Waals surface area contributed by atoms with E-state index in [0.29, 0.717) is 23.8 Å². The first kappa shape index (κ1) is 18.2. The Hall–Kier alpha value is -2.64. The molecule has 136 valence electrons. The predicted molar refractivity (Wildman–Crippen MR) is 101 cm³/mol. The lowest BCUT2D eigenvalue weighted by Crippen LogP contribution is -2.46. The zero-order valence-corrected chi connectivity index (χ0v) is 14.9. The molecule has 0 spiro atoms. The van der Waals surface area contributed by atoms with Crippen molar-refractivity contribution in [3.63, 3.8) is 0 Å². The van der Waals surface area contributed by atoms with Crippen LogP contribution in [0.15, 0.2) is 42.5 Å². The smallest absolute Gasteiger partial charge is 0.293 e. The van der Waals surface area contributed by atoms with Gasteiger partial charge in [-0.25, -0.2) is 0 Å². The topological polar surface area (TPSA) is 92.7 Å². The van der Waals surface area contributed by atoms with E-state index in [2.05, 4.69) is 4.90 Å². The van der Waals surface area contributed by atoms with Gasteiger partial charge in [-0.15, -0.1) is 0 Å². The zero-order chi connectivity index (χ0) is 18.7. The Balaban J connectivity index is 1.69. The van der Waals surface area contributed by atoms with Crippen LogP contribution in [-0.2, 0) is 6.54 Å². The standard InChI is InChI=1S/C18H19ClN4O3/c19-15-3-1-2-13(10-15)12-21-6-8-22(9-7-21)16-5-4-14(18(20)24)11-17(16)23(25)26/h1-5,10-11H,6-9,12H2,(H2,20,24). The number of benzene rings is 2. The summed E-state index contributed by atoms with van der Waals surface area (Å²) in [5.74, 6) is -0.675. The normalized spacial score (nSPS) is 15.0. The van der Waals surface area contributed by atoms with Crippen LogP contribution in [-0.4, -0.2) is 41.9 Å². The van der Waals surface area contributed by atoms with Crippen LogP contribution >= 0.6 is 11.6 Å². The number of hydrogen-bond acceptors (Lipinski definition) is 5. The summed E-state index contributed by atoms with van der Waals surface area (Å²) in [5.41, 5.74) is 6.93. The Morgan fingerprint density at radius 3 is 2.50 bits per heavy atom. The molecule has 2 N–H and O–H groups in total. The van der Waals surface area contributed by atoms with E-state index in [4.69, 9.17) is 17.3 Å². The van der Waals surface area contributed by atoms with E-state index in [1.807, 2.05) is 29.2 Å². The molecule has 1 amide bonds. The van der Waals surface area contributed by atoms with E-state index in [1.54, 1.807) is 6.07 Å². The lowest BCUT2D eigenvalue weighted by molar-refractivity contribution is -0.384. The molecular weight excluding hydrogens is 356 g/mol. The molecule has 0 saturated carbocycles. The number of primary amides is 1. The van der Waals surface area contributed by atoms with E-state index in [1.165, 1.54) is 12.1 Å². The number of nitro benzene ring substituents is 1. The van der Waals surface area contributed by atoms with Gasteiger partial charge in [0, 0.05) is 49.4 Å². The summed E-state index contributed by atoms with van der Waals surface area (Å²) in [6.07, 6.45) is 0. The van der Waals surface area contributed by atoms with Crippen molar-refractivity contribution in [2.75, 3.05) is 31.1 Å². The molecule has 0 aliphatic carbocycles. The molecule has 2 aromatic rings. The third kappa shape index (κ3) is 4.12. The fourth-order valence-electron chi connectivity index (χ4n) is 3.13. The van der Waals surface area contributed by atoms with Crippen LogP contribution in [0.25, 0.3) is 0 Å². The van der Waals surface area contributed by atoms with Gasteiger partial charge in [-0.2, -0.15) is 0 Å². The van der Waals surface area contributed by atoms with Crippen molar-refractivity contribution in [3.8, 4) is 0 Å². The van der Waals surface area contributed by atoms with Gasteiger partial charge in [0.2, 0.25) is 5.91 Å². The highest BCUT2D eigenvalue weighted by molar-refractivity contribution is 6.30. The average Bonchev–Trinajstić information content (AvgIpc) is 2.62. The molecule has 8 heteroatoms. The highest BCUT2D eigenvalue weighted by Crippen LogP contribution is 2.30. The summed E-state index contributed by atoms with van der Waals surface area (Å²) in [5, 5.41) is 12.1. The van der Waals surface area contributed by atoms with Crippen molar-refractivity contribution in [1.82, 2.24) is 4.90 Å². The minimum Gasteiger partial charge on any atom is -0.366 e. The van der Waals surface area contributed by atoms with Crippen LogP contribution in [0.4, 0.5) is 11.4 Å².